The molecule has 0 bridgehead atoms. The average Bonchev–Trinajstić information content (AvgIpc) is 2.20. The van der Waals surface area contributed by atoms with Crippen LogP contribution in [0, 0.1) is 5.92 Å². The molecule has 0 heterocycles. The zero-order chi connectivity index (χ0) is 10.6. The summed E-state index contributed by atoms with van der Waals surface area (Å²) in [5.74, 6) is 0.121. The first-order chi connectivity index (χ1) is 6.63. The molecule has 1 aromatic carbocycles. The van der Waals surface area contributed by atoms with E-state index in [2.05, 4.69) is 0 Å². The summed E-state index contributed by atoms with van der Waals surface area (Å²) in [5, 5.41) is 0.917. The molecule has 14 heavy (non-hydrogen) atoms. The lowest BCUT2D eigenvalue weighted by Gasteiger charge is -2.06. The summed E-state index contributed by atoms with van der Waals surface area (Å²) in [6.07, 6.45) is 0.888. The van der Waals surface area contributed by atoms with Gasteiger partial charge in [0, 0.05) is 15.8 Å². The van der Waals surface area contributed by atoms with E-state index in [0.29, 0.717) is 5.02 Å². The second kappa shape index (κ2) is 5.42. The van der Waals surface area contributed by atoms with Gasteiger partial charge in [-0.2, -0.15) is 0 Å². The highest BCUT2D eigenvalue weighted by Gasteiger charge is 2.11. The van der Waals surface area contributed by atoms with Crippen molar-refractivity contribution in [2.24, 2.45) is 5.92 Å². The summed E-state index contributed by atoms with van der Waals surface area (Å²) in [5.41, 5.74) is 0. The Labute approximate surface area is 93.8 Å². The zero-order valence-electron chi connectivity index (χ0n) is 8.29. The van der Waals surface area contributed by atoms with E-state index in [-0.39, 0.29) is 11.0 Å². The van der Waals surface area contributed by atoms with E-state index < -0.39 is 0 Å². The van der Waals surface area contributed by atoms with Gasteiger partial charge in [-0.05, 0) is 30.7 Å². The molecule has 0 saturated heterocycles. The molecule has 76 valence electrons. The van der Waals surface area contributed by atoms with Crippen molar-refractivity contribution in [1.29, 1.82) is 0 Å². The molecule has 0 N–H and O–H groups in total. The topological polar surface area (TPSA) is 17.1 Å². The van der Waals surface area contributed by atoms with Gasteiger partial charge in [0.1, 0.15) is 0 Å². The van der Waals surface area contributed by atoms with Gasteiger partial charge in [0.25, 0.3) is 0 Å². The quantitative estimate of drug-likeness (QED) is 0.728. The minimum absolute atomic E-state index is 0.121. The Morgan fingerprint density at radius 3 is 2.50 bits per heavy atom. The van der Waals surface area contributed by atoms with E-state index in [1.54, 1.807) is 12.1 Å². The van der Waals surface area contributed by atoms with Crippen LogP contribution in [-0.2, 0) is 4.79 Å². The van der Waals surface area contributed by atoms with E-state index in [1.165, 1.54) is 11.8 Å². The van der Waals surface area contributed by atoms with Crippen LogP contribution in [0.4, 0.5) is 0 Å². The highest BCUT2D eigenvalue weighted by Crippen LogP contribution is 2.24. The molecule has 1 nitrogen and oxygen atoms in total. The summed E-state index contributed by atoms with van der Waals surface area (Å²) < 4.78 is 0. The lowest BCUT2D eigenvalue weighted by Crippen LogP contribution is -2.04. The molecular weight excluding hydrogens is 216 g/mol. The fourth-order valence-corrected chi connectivity index (χ4v) is 1.88. The fourth-order valence-electron chi connectivity index (χ4n) is 0.886. The largest absolute Gasteiger partial charge is 0.287 e. The van der Waals surface area contributed by atoms with Gasteiger partial charge in [-0.25, -0.2) is 0 Å². The number of carbonyl (C=O) groups is 1. The molecule has 1 aromatic rings. The van der Waals surface area contributed by atoms with Crippen molar-refractivity contribution in [3.8, 4) is 0 Å². The Balaban J connectivity index is 2.60. The molecule has 0 aliphatic heterocycles. The molecule has 0 amide bonds. The number of hydrogen-bond donors (Lipinski definition) is 0. The van der Waals surface area contributed by atoms with Gasteiger partial charge in [0.2, 0.25) is 0 Å². The molecular formula is C11H13ClOS. The Morgan fingerprint density at radius 1 is 1.43 bits per heavy atom. The molecule has 1 atom stereocenters. The molecule has 0 aliphatic rings. The SMILES string of the molecule is CCC(C)C(=O)Sc1ccc(Cl)cc1. The monoisotopic (exact) mass is 228 g/mol. The predicted octanol–water partition coefficient (Wildman–Crippen LogP) is 4.00. The Kier molecular flexibility index (Phi) is 4.49. The molecule has 0 spiro atoms. The maximum Gasteiger partial charge on any atom is 0.196 e. The summed E-state index contributed by atoms with van der Waals surface area (Å²) in [6, 6.07) is 7.34. The third-order valence-corrected chi connectivity index (χ3v) is 3.41. The van der Waals surface area contributed by atoms with Crippen molar-refractivity contribution in [1.82, 2.24) is 0 Å². The van der Waals surface area contributed by atoms with Gasteiger partial charge in [0.05, 0.1) is 0 Å². The number of benzene rings is 1. The second-order valence-electron chi connectivity index (χ2n) is 3.18. The number of hydrogen-bond acceptors (Lipinski definition) is 2. The van der Waals surface area contributed by atoms with Crippen LogP contribution in [-0.4, -0.2) is 5.12 Å². The van der Waals surface area contributed by atoms with Gasteiger partial charge in [-0.3, -0.25) is 4.79 Å². The minimum atomic E-state index is 0.121. The lowest BCUT2D eigenvalue weighted by molar-refractivity contribution is -0.113. The second-order valence-corrected chi connectivity index (χ2v) is 4.70. The standard InChI is InChI=1S/C11H13ClOS/c1-3-8(2)11(13)14-10-6-4-9(12)5-7-10/h4-8H,3H2,1-2H3. The maximum absolute atomic E-state index is 11.6. The lowest BCUT2D eigenvalue weighted by atomic mass is 10.1. The van der Waals surface area contributed by atoms with Gasteiger partial charge >= 0.3 is 0 Å². The van der Waals surface area contributed by atoms with E-state index in [9.17, 15) is 4.79 Å². The van der Waals surface area contributed by atoms with Crippen LogP contribution in [0.1, 0.15) is 20.3 Å². The van der Waals surface area contributed by atoms with Crippen molar-refractivity contribution in [2.75, 3.05) is 0 Å². The molecule has 1 rings (SSSR count). The number of thioether (sulfide) groups is 1. The molecule has 0 saturated carbocycles. The van der Waals surface area contributed by atoms with E-state index >= 15 is 0 Å². The first-order valence-corrected chi connectivity index (χ1v) is 5.80. The number of carbonyl (C=O) groups excluding carboxylic acids is 1. The maximum atomic E-state index is 11.6. The first kappa shape index (κ1) is 11.6. The predicted molar refractivity (Wildman–Crippen MR) is 61.8 cm³/mol. The molecule has 0 radical (unpaired) electrons. The van der Waals surface area contributed by atoms with Gasteiger partial charge in [-0.15, -0.1) is 0 Å². The Hall–Kier alpha value is -0.470. The summed E-state index contributed by atoms with van der Waals surface area (Å²) in [6.45, 7) is 3.97. The average molecular weight is 229 g/mol. The van der Waals surface area contributed by atoms with Gasteiger partial charge in [0.15, 0.2) is 5.12 Å². The normalized spacial score (nSPS) is 12.5. The first-order valence-electron chi connectivity index (χ1n) is 4.60. The third-order valence-electron chi connectivity index (χ3n) is 2.05. The van der Waals surface area contributed by atoms with Crippen molar-refractivity contribution < 1.29 is 4.79 Å². The van der Waals surface area contributed by atoms with E-state index in [1.807, 2.05) is 26.0 Å². The molecule has 0 fully saturated rings. The van der Waals surface area contributed by atoms with Crippen molar-refractivity contribution >= 4 is 28.5 Å². The number of halogens is 1. The van der Waals surface area contributed by atoms with E-state index in [4.69, 9.17) is 11.6 Å². The highest BCUT2D eigenvalue weighted by molar-refractivity contribution is 8.13. The molecule has 0 aromatic heterocycles. The Bertz CT molecular complexity index is 308. The molecule has 0 aliphatic carbocycles. The third kappa shape index (κ3) is 3.35. The van der Waals surface area contributed by atoms with Gasteiger partial charge < -0.3 is 0 Å². The fraction of sp³-hybridized carbons (Fsp3) is 0.364. The van der Waals surface area contributed by atoms with Crippen LogP contribution in [0.5, 0.6) is 0 Å². The Morgan fingerprint density at radius 2 is 2.00 bits per heavy atom. The zero-order valence-corrected chi connectivity index (χ0v) is 9.86. The van der Waals surface area contributed by atoms with Crippen LogP contribution < -0.4 is 0 Å². The summed E-state index contributed by atoms with van der Waals surface area (Å²) >= 11 is 7.03. The van der Waals surface area contributed by atoms with Crippen LogP contribution in [0.2, 0.25) is 5.02 Å². The van der Waals surface area contributed by atoms with Crippen molar-refractivity contribution in [2.45, 2.75) is 25.2 Å². The summed E-state index contributed by atoms with van der Waals surface area (Å²) in [7, 11) is 0. The van der Waals surface area contributed by atoms with Crippen LogP contribution >= 0.6 is 23.4 Å². The smallest absolute Gasteiger partial charge is 0.196 e. The van der Waals surface area contributed by atoms with Gasteiger partial charge in [-0.1, -0.05) is 37.2 Å². The van der Waals surface area contributed by atoms with Crippen molar-refractivity contribution in [3.63, 3.8) is 0 Å². The van der Waals surface area contributed by atoms with Crippen LogP contribution in [0.25, 0.3) is 0 Å². The minimum Gasteiger partial charge on any atom is -0.287 e. The number of rotatable bonds is 3. The highest BCUT2D eigenvalue weighted by atomic mass is 35.5. The van der Waals surface area contributed by atoms with E-state index in [0.717, 1.165) is 11.3 Å². The molecule has 3 heteroatoms. The van der Waals surface area contributed by atoms with Crippen LogP contribution in [0.3, 0.4) is 0 Å². The van der Waals surface area contributed by atoms with Crippen LogP contribution in [0.15, 0.2) is 29.2 Å². The summed E-state index contributed by atoms with van der Waals surface area (Å²) in [4.78, 5) is 12.5. The molecule has 1 unspecified atom stereocenters. The van der Waals surface area contributed by atoms with Crippen molar-refractivity contribution in [3.05, 3.63) is 29.3 Å².